The molecule has 2 N–H and O–H groups in total. The quantitative estimate of drug-likeness (QED) is 0.564. The molecular formula is C28H34N2O8. The number of aliphatic carboxylic acids is 1. The highest BCUT2D eigenvalue weighted by Gasteiger charge is 2.47. The maximum atomic E-state index is 14.2. The molecule has 2 aromatic carbocycles. The van der Waals surface area contributed by atoms with E-state index >= 15 is 0 Å². The molecular weight excluding hydrogens is 492 g/mol. The number of nitrogens with one attached hydrogen (secondary N) is 1. The molecule has 3 atom stereocenters. The van der Waals surface area contributed by atoms with Gasteiger partial charge in [-0.25, -0.2) is 0 Å². The lowest BCUT2D eigenvalue weighted by Crippen LogP contribution is -2.56. The molecule has 2 aliphatic rings. The molecule has 2 amide bonds. The van der Waals surface area contributed by atoms with Gasteiger partial charge in [-0.2, -0.15) is 0 Å². The minimum absolute atomic E-state index is 0.274. The van der Waals surface area contributed by atoms with Crippen molar-refractivity contribution < 1.29 is 38.4 Å². The molecule has 0 saturated heterocycles. The Balaban J connectivity index is 1.93. The summed E-state index contributed by atoms with van der Waals surface area (Å²) < 4.78 is 23.9. The van der Waals surface area contributed by atoms with Crippen LogP contribution in [0.15, 0.2) is 30.3 Å². The Kier molecular flexibility index (Phi) is 7.55. The maximum Gasteiger partial charge on any atom is 0.322 e. The fourth-order valence-electron chi connectivity index (χ4n) is 5.00. The lowest BCUT2D eigenvalue weighted by molar-refractivity contribution is -0.141. The van der Waals surface area contributed by atoms with Gasteiger partial charge in [0.2, 0.25) is 5.91 Å². The second-order valence-corrected chi connectivity index (χ2v) is 10.6. The number of carbonyl (C=O) groups excluding carboxylic acids is 2. The van der Waals surface area contributed by atoms with Gasteiger partial charge in [-0.1, -0.05) is 39.0 Å². The minimum atomic E-state index is -1.20. The van der Waals surface area contributed by atoms with Crippen molar-refractivity contribution in [3.05, 3.63) is 47.0 Å². The zero-order valence-corrected chi connectivity index (χ0v) is 22.5. The number of ether oxygens (including phenoxy) is 4. The number of methoxy groups -OCH3 is 2. The molecule has 0 spiro atoms. The van der Waals surface area contributed by atoms with Crippen molar-refractivity contribution in [3.63, 3.8) is 0 Å². The van der Waals surface area contributed by atoms with E-state index in [-0.39, 0.29) is 24.5 Å². The van der Waals surface area contributed by atoms with E-state index in [2.05, 4.69) is 5.32 Å². The van der Waals surface area contributed by atoms with Gasteiger partial charge in [0, 0.05) is 11.1 Å². The number of nitrogens with zero attached hydrogens (tertiary/aromatic N) is 1. The lowest BCUT2D eigenvalue weighted by Gasteiger charge is -2.44. The maximum absolute atomic E-state index is 14.2. The zero-order chi connectivity index (χ0) is 27.8. The number of amides is 2. The van der Waals surface area contributed by atoms with Gasteiger partial charge in [-0.15, -0.1) is 0 Å². The molecule has 2 aliphatic heterocycles. The predicted octanol–water partition coefficient (Wildman–Crippen LogP) is 3.23. The standard InChI is InChI=1S/C28H34N2O8/c1-15-10-17-24-19(11-15)37-14-21(28(2,3)4)30(24)27(34)20(12-22(31)29-13-23(32)33)38-25(17)16-8-7-9-18(35-5)26(16)36-6/h7-11,20-21,25H,12-14H2,1-6H3,(H,29,31)(H,32,33)/t20-,21+,25-/m1/s1. The van der Waals surface area contributed by atoms with E-state index in [0.717, 1.165) is 5.56 Å². The van der Waals surface area contributed by atoms with E-state index < -0.39 is 36.5 Å². The van der Waals surface area contributed by atoms with Gasteiger partial charge < -0.3 is 29.4 Å². The van der Waals surface area contributed by atoms with Crippen molar-refractivity contribution >= 4 is 23.5 Å². The second kappa shape index (κ2) is 10.5. The van der Waals surface area contributed by atoms with E-state index in [1.54, 1.807) is 17.0 Å². The van der Waals surface area contributed by atoms with Gasteiger partial charge in [-0.05, 0) is 30.0 Å². The summed E-state index contributed by atoms with van der Waals surface area (Å²) in [5.74, 6) is -0.699. The summed E-state index contributed by atoms with van der Waals surface area (Å²) in [6.07, 6.45) is -2.37. The number of carboxylic acids is 1. The number of hydrogen-bond donors (Lipinski definition) is 2. The van der Waals surface area contributed by atoms with Crippen LogP contribution in [0.2, 0.25) is 0 Å². The molecule has 10 heteroatoms. The Hall–Kier alpha value is -3.79. The number of hydrogen-bond acceptors (Lipinski definition) is 7. The fourth-order valence-corrected chi connectivity index (χ4v) is 5.00. The summed E-state index contributed by atoms with van der Waals surface area (Å²) in [5, 5.41) is 11.3. The van der Waals surface area contributed by atoms with Crippen LogP contribution in [-0.2, 0) is 19.1 Å². The molecule has 10 nitrogen and oxygen atoms in total. The Labute approximate surface area is 221 Å². The van der Waals surface area contributed by atoms with E-state index in [1.807, 2.05) is 45.9 Å². The molecule has 2 aromatic rings. The molecule has 0 radical (unpaired) electrons. The number of carboxylic acid groups (broad SMARTS) is 1. The Morgan fingerprint density at radius 2 is 1.89 bits per heavy atom. The van der Waals surface area contributed by atoms with Crippen LogP contribution in [0.1, 0.15) is 50.0 Å². The number of carbonyl (C=O) groups is 3. The van der Waals surface area contributed by atoms with E-state index in [1.165, 1.54) is 14.2 Å². The highest BCUT2D eigenvalue weighted by molar-refractivity contribution is 6.02. The van der Waals surface area contributed by atoms with Crippen molar-refractivity contribution in [2.24, 2.45) is 5.41 Å². The molecule has 0 aliphatic carbocycles. The third-order valence-corrected chi connectivity index (χ3v) is 6.82. The summed E-state index contributed by atoms with van der Waals surface area (Å²) in [7, 11) is 3.06. The van der Waals surface area contributed by atoms with Crippen LogP contribution < -0.4 is 24.4 Å². The number of rotatable bonds is 7. The number of para-hydroxylation sites is 1. The van der Waals surface area contributed by atoms with Crippen molar-refractivity contribution in [1.82, 2.24) is 5.32 Å². The number of aryl methyl sites for hydroxylation is 1. The van der Waals surface area contributed by atoms with E-state index in [4.69, 9.17) is 24.1 Å². The summed E-state index contributed by atoms with van der Waals surface area (Å²) in [6.45, 7) is 7.72. The van der Waals surface area contributed by atoms with Crippen LogP contribution >= 0.6 is 0 Å². The number of anilines is 1. The van der Waals surface area contributed by atoms with Crippen LogP contribution in [0.3, 0.4) is 0 Å². The van der Waals surface area contributed by atoms with Gasteiger partial charge in [0.1, 0.15) is 31.1 Å². The Morgan fingerprint density at radius 3 is 2.53 bits per heavy atom. The Bertz CT molecular complexity index is 1250. The second-order valence-electron chi connectivity index (χ2n) is 10.6. The smallest absolute Gasteiger partial charge is 0.322 e. The molecule has 2 heterocycles. The minimum Gasteiger partial charge on any atom is -0.493 e. The largest absolute Gasteiger partial charge is 0.493 e. The molecule has 4 rings (SSSR count). The first kappa shape index (κ1) is 27.3. The average Bonchev–Trinajstić information content (AvgIpc) is 2.97. The average molecular weight is 527 g/mol. The third-order valence-electron chi connectivity index (χ3n) is 6.82. The molecule has 0 saturated carbocycles. The Morgan fingerprint density at radius 1 is 1.16 bits per heavy atom. The zero-order valence-electron chi connectivity index (χ0n) is 22.5. The molecule has 204 valence electrons. The normalized spacial score (nSPS) is 20.6. The summed E-state index contributed by atoms with van der Waals surface area (Å²) in [6, 6.07) is 8.88. The molecule has 0 bridgehead atoms. The van der Waals surface area contributed by atoms with Crippen LogP contribution in [-0.4, -0.2) is 62.4 Å². The monoisotopic (exact) mass is 526 g/mol. The summed E-state index contributed by atoms with van der Waals surface area (Å²) in [5.41, 5.74) is 2.45. The van der Waals surface area contributed by atoms with Crippen molar-refractivity contribution in [1.29, 1.82) is 0 Å². The number of benzene rings is 2. The topological polar surface area (TPSA) is 124 Å². The SMILES string of the molecule is COc1cccc([C@H]2O[C@H](CC(=O)NCC(=O)O)C(=O)N3c4c(cc(C)cc42)OC[C@H]3C(C)(C)C)c1OC. The van der Waals surface area contributed by atoms with Crippen molar-refractivity contribution in [2.45, 2.75) is 52.4 Å². The van der Waals surface area contributed by atoms with Crippen molar-refractivity contribution in [3.8, 4) is 17.2 Å². The van der Waals surface area contributed by atoms with Crippen LogP contribution in [0, 0.1) is 12.3 Å². The van der Waals surface area contributed by atoms with Crippen LogP contribution in [0.25, 0.3) is 0 Å². The molecule has 0 aromatic heterocycles. The van der Waals surface area contributed by atoms with Crippen molar-refractivity contribution in [2.75, 3.05) is 32.3 Å². The highest BCUT2D eigenvalue weighted by atomic mass is 16.5. The first-order valence-electron chi connectivity index (χ1n) is 12.4. The van der Waals surface area contributed by atoms with E-state index in [0.29, 0.717) is 34.1 Å². The fraction of sp³-hybridized carbons (Fsp3) is 0.464. The van der Waals surface area contributed by atoms with Gasteiger partial charge in [0.15, 0.2) is 11.5 Å². The van der Waals surface area contributed by atoms with Gasteiger partial charge >= 0.3 is 5.97 Å². The van der Waals surface area contributed by atoms with Crippen LogP contribution in [0.5, 0.6) is 17.2 Å². The molecule has 38 heavy (non-hydrogen) atoms. The first-order valence-corrected chi connectivity index (χ1v) is 12.4. The van der Waals surface area contributed by atoms with Gasteiger partial charge in [-0.3, -0.25) is 19.3 Å². The predicted molar refractivity (Wildman–Crippen MR) is 139 cm³/mol. The third kappa shape index (κ3) is 5.13. The van der Waals surface area contributed by atoms with Gasteiger partial charge in [0.25, 0.3) is 5.91 Å². The van der Waals surface area contributed by atoms with E-state index in [9.17, 15) is 14.4 Å². The molecule has 0 unspecified atom stereocenters. The molecule has 0 fully saturated rings. The van der Waals surface area contributed by atoms with Gasteiger partial charge in [0.05, 0.1) is 32.4 Å². The summed E-state index contributed by atoms with van der Waals surface area (Å²) >= 11 is 0. The lowest BCUT2D eigenvalue weighted by atomic mass is 9.84. The first-order chi connectivity index (χ1) is 18.0. The summed E-state index contributed by atoms with van der Waals surface area (Å²) in [4.78, 5) is 39.6. The van der Waals surface area contributed by atoms with Crippen LogP contribution in [0.4, 0.5) is 5.69 Å². The highest BCUT2D eigenvalue weighted by Crippen LogP contribution is 2.51.